The van der Waals surface area contributed by atoms with Crippen LogP contribution in [0.3, 0.4) is 0 Å². The molecule has 0 bridgehead atoms. The number of esters is 1. The molecule has 1 aliphatic rings. The van der Waals surface area contributed by atoms with Crippen molar-refractivity contribution in [3.05, 3.63) is 48.5 Å². The van der Waals surface area contributed by atoms with E-state index in [1.165, 1.54) is 26.0 Å². The number of hydrogen-bond donors (Lipinski definition) is 1. The summed E-state index contributed by atoms with van der Waals surface area (Å²) in [7, 11) is 3.02. The number of anilines is 2. The lowest BCUT2D eigenvalue weighted by Gasteiger charge is -2.20. The molecule has 158 valence electrons. The molecule has 2 atom stereocenters. The lowest BCUT2D eigenvalue weighted by molar-refractivity contribution is -0.157. The molecule has 0 aromatic heterocycles. The van der Waals surface area contributed by atoms with Crippen molar-refractivity contribution in [3.63, 3.8) is 0 Å². The first kappa shape index (κ1) is 21.2. The summed E-state index contributed by atoms with van der Waals surface area (Å²) < 4.78 is 15.8. The lowest BCUT2D eigenvalue weighted by Crippen LogP contribution is -2.33. The minimum absolute atomic E-state index is 0.0116. The van der Waals surface area contributed by atoms with E-state index in [1.54, 1.807) is 48.5 Å². The number of nitrogens with one attached hydrogen (secondary N) is 1. The highest BCUT2D eigenvalue weighted by molar-refractivity contribution is 6.01. The molecule has 1 aliphatic heterocycles. The molecule has 3 rings (SSSR count). The molecular formula is C22H24N2O6. The molecule has 0 unspecified atom stereocenters. The zero-order valence-electron chi connectivity index (χ0n) is 17.1. The van der Waals surface area contributed by atoms with Crippen LogP contribution >= 0.6 is 0 Å². The minimum atomic E-state index is -1.03. The van der Waals surface area contributed by atoms with Crippen LogP contribution in [0.15, 0.2) is 48.5 Å². The van der Waals surface area contributed by atoms with Crippen LogP contribution in [0.5, 0.6) is 11.5 Å². The first-order valence-electron chi connectivity index (χ1n) is 9.52. The van der Waals surface area contributed by atoms with Crippen LogP contribution < -0.4 is 19.7 Å². The zero-order chi connectivity index (χ0) is 21.7. The molecular weight excluding hydrogens is 388 g/mol. The van der Waals surface area contributed by atoms with Crippen molar-refractivity contribution in [1.29, 1.82) is 0 Å². The molecule has 1 N–H and O–H groups in total. The first-order valence-corrected chi connectivity index (χ1v) is 9.52. The van der Waals surface area contributed by atoms with Crippen LogP contribution in [0.25, 0.3) is 0 Å². The van der Waals surface area contributed by atoms with Crippen molar-refractivity contribution in [2.75, 3.05) is 31.0 Å². The van der Waals surface area contributed by atoms with Gasteiger partial charge in [0, 0.05) is 13.0 Å². The number of benzene rings is 2. The largest absolute Gasteiger partial charge is 0.495 e. The van der Waals surface area contributed by atoms with E-state index in [1.807, 2.05) is 0 Å². The Morgan fingerprint density at radius 2 is 1.67 bits per heavy atom. The Balaban J connectivity index is 1.62. The van der Waals surface area contributed by atoms with Crippen LogP contribution in [-0.2, 0) is 19.1 Å². The van der Waals surface area contributed by atoms with E-state index in [0.29, 0.717) is 22.9 Å². The molecule has 30 heavy (non-hydrogen) atoms. The van der Waals surface area contributed by atoms with E-state index >= 15 is 0 Å². The van der Waals surface area contributed by atoms with Crippen LogP contribution in [-0.4, -0.2) is 44.7 Å². The second-order valence-electron chi connectivity index (χ2n) is 6.85. The third-order valence-corrected chi connectivity index (χ3v) is 4.86. The van der Waals surface area contributed by atoms with E-state index in [9.17, 15) is 14.4 Å². The van der Waals surface area contributed by atoms with E-state index in [0.717, 1.165) is 0 Å². The maximum atomic E-state index is 12.6. The number of carbonyl (C=O) groups is 3. The summed E-state index contributed by atoms with van der Waals surface area (Å²) in [6.07, 6.45) is -1.02. The Morgan fingerprint density at radius 3 is 2.37 bits per heavy atom. The van der Waals surface area contributed by atoms with Gasteiger partial charge in [-0.15, -0.1) is 0 Å². The summed E-state index contributed by atoms with van der Waals surface area (Å²) in [5.41, 5.74) is 1.08. The average molecular weight is 412 g/mol. The lowest BCUT2D eigenvalue weighted by atomic mass is 10.1. The van der Waals surface area contributed by atoms with Gasteiger partial charge < -0.3 is 24.4 Å². The molecule has 2 amide bonds. The Labute approximate surface area is 174 Å². The summed E-state index contributed by atoms with van der Waals surface area (Å²) >= 11 is 0. The van der Waals surface area contributed by atoms with Gasteiger partial charge in [-0.2, -0.15) is 0 Å². The second kappa shape index (κ2) is 9.30. The van der Waals surface area contributed by atoms with Gasteiger partial charge in [-0.1, -0.05) is 24.3 Å². The van der Waals surface area contributed by atoms with Gasteiger partial charge in [0.25, 0.3) is 5.91 Å². The van der Waals surface area contributed by atoms with Crippen LogP contribution in [0.4, 0.5) is 11.4 Å². The van der Waals surface area contributed by atoms with Gasteiger partial charge in [0.05, 0.1) is 31.5 Å². The molecule has 1 heterocycles. The Hall–Kier alpha value is -3.55. The molecule has 1 fully saturated rings. The topological polar surface area (TPSA) is 94.2 Å². The van der Waals surface area contributed by atoms with Crippen LogP contribution in [0.1, 0.15) is 13.3 Å². The maximum absolute atomic E-state index is 12.6. The van der Waals surface area contributed by atoms with Crippen molar-refractivity contribution in [2.24, 2.45) is 5.92 Å². The van der Waals surface area contributed by atoms with Crippen LogP contribution in [0, 0.1) is 5.92 Å². The van der Waals surface area contributed by atoms with Crippen LogP contribution in [0.2, 0.25) is 0 Å². The molecule has 2 aromatic carbocycles. The molecule has 0 spiro atoms. The molecule has 8 heteroatoms. The fraction of sp³-hybridized carbons (Fsp3) is 0.318. The number of methoxy groups -OCH3 is 2. The third kappa shape index (κ3) is 4.53. The summed E-state index contributed by atoms with van der Waals surface area (Å²) in [6, 6.07) is 14.0. The number of rotatable bonds is 7. The third-order valence-electron chi connectivity index (χ3n) is 4.86. The van der Waals surface area contributed by atoms with Gasteiger partial charge in [-0.3, -0.25) is 14.4 Å². The molecule has 0 radical (unpaired) electrons. The van der Waals surface area contributed by atoms with Gasteiger partial charge >= 0.3 is 5.97 Å². The van der Waals surface area contributed by atoms with E-state index in [-0.39, 0.29) is 18.9 Å². The number of amides is 2. The fourth-order valence-electron chi connectivity index (χ4n) is 3.26. The van der Waals surface area contributed by atoms with Gasteiger partial charge in [-0.05, 0) is 31.2 Å². The predicted octanol–water partition coefficient (Wildman–Crippen LogP) is 2.63. The highest BCUT2D eigenvalue weighted by Crippen LogP contribution is 2.33. The molecule has 8 nitrogen and oxygen atoms in total. The van der Waals surface area contributed by atoms with Gasteiger partial charge in [0.15, 0.2) is 6.10 Å². The van der Waals surface area contributed by atoms with E-state index in [2.05, 4.69) is 5.32 Å². The SMILES string of the molecule is COc1ccccc1NC(=O)[C@H](C)OC(=O)[C@@H]1CC(=O)N(c2ccccc2OC)C1. The van der Waals surface area contributed by atoms with E-state index in [4.69, 9.17) is 14.2 Å². The van der Waals surface area contributed by atoms with E-state index < -0.39 is 23.9 Å². The zero-order valence-corrected chi connectivity index (χ0v) is 17.1. The van der Waals surface area contributed by atoms with Gasteiger partial charge in [0.1, 0.15) is 11.5 Å². The van der Waals surface area contributed by atoms with Gasteiger partial charge in [-0.25, -0.2) is 0 Å². The number of para-hydroxylation sites is 4. The number of hydrogen-bond acceptors (Lipinski definition) is 6. The Kier molecular flexibility index (Phi) is 6.56. The van der Waals surface area contributed by atoms with Gasteiger partial charge in [0.2, 0.25) is 5.91 Å². The number of ether oxygens (including phenoxy) is 3. The highest BCUT2D eigenvalue weighted by Gasteiger charge is 2.38. The Morgan fingerprint density at radius 1 is 1.03 bits per heavy atom. The fourth-order valence-corrected chi connectivity index (χ4v) is 3.26. The second-order valence-corrected chi connectivity index (χ2v) is 6.85. The van der Waals surface area contributed by atoms with Crippen molar-refractivity contribution < 1.29 is 28.6 Å². The summed E-state index contributed by atoms with van der Waals surface area (Å²) in [5.74, 6) is -0.902. The molecule has 0 aliphatic carbocycles. The normalized spacial score (nSPS) is 16.7. The average Bonchev–Trinajstić information content (AvgIpc) is 3.15. The molecule has 1 saturated heterocycles. The number of carbonyl (C=O) groups excluding carboxylic acids is 3. The Bertz CT molecular complexity index is 945. The van der Waals surface area contributed by atoms with Crippen molar-refractivity contribution in [2.45, 2.75) is 19.4 Å². The monoisotopic (exact) mass is 412 g/mol. The molecule has 2 aromatic rings. The maximum Gasteiger partial charge on any atom is 0.312 e. The quantitative estimate of drug-likeness (QED) is 0.703. The number of nitrogens with zero attached hydrogens (tertiary/aromatic N) is 1. The molecule has 0 saturated carbocycles. The predicted molar refractivity (Wildman–Crippen MR) is 111 cm³/mol. The highest BCUT2D eigenvalue weighted by atomic mass is 16.5. The summed E-state index contributed by atoms with van der Waals surface area (Å²) in [4.78, 5) is 39.0. The van der Waals surface area contributed by atoms with Crippen molar-refractivity contribution in [1.82, 2.24) is 0 Å². The summed E-state index contributed by atoms with van der Waals surface area (Å²) in [6.45, 7) is 1.65. The van der Waals surface area contributed by atoms with Crippen molar-refractivity contribution >= 4 is 29.2 Å². The minimum Gasteiger partial charge on any atom is -0.495 e. The van der Waals surface area contributed by atoms with Crippen molar-refractivity contribution in [3.8, 4) is 11.5 Å². The smallest absolute Gasteiger partial charge is 0.312 e. The first-order chi connectivity index (χ1) is 14.4. The standard InChI is InChI=1S/C22H24N2O6/c1-14(21(26)23-16-8-4-6-10-18(16)28-2)30-22(27)15-12-20(25)24(13-15)17-9-5-7-11-19(17)29-3/h4-11,14-15H,12-13H2,1-3H3,(H,23,26)/t14-,15+/m0/s1. The summed E-state index contributed by atoms with van der Waals surface area (Å²) in [5, 5.41) is 2.68.